The van der Waals surface area contributed by atoms with Gasteiger partial charge in [0.25, 0.3) is 0 Å². The van der Waals surface area contributed by atoms with Crippen LogP contribution in [0.5, 0.6) is 0 Å². The third-order valence-corrected chi connectivity index (χ3v) is 5.23. The van der Waals surface area contributed by atoms with Gasteiger partial charge in [0.15, 0.2) is 15.7 Å². The van der Waals surface area contributed by atoms with Gasteiger partial charge in [-0.2, -0.15) is 4.98 Å². The highest BCUT2D eigenvalue weighted by atomic mass is 32.2. The summed E-state index contributed by atoms with van der Waals surface area (Å²) in [5.74, 6) is 1.05. The van der Waals surface area contributed by atoms with Gasteiger partial charge in [0.1, 0.15) is 0 Å². The number of hydrogen-bond acceptors (Lipinski definition) is 7. The third kappa shape index (κ3) is 2.27. The number of sulfone groups is 1. The first kappa shape index (κ1) is 12.1. The van der Waals surface area contributed by atoms with Crippen LogP contribution in [0.3, 0.4) is 0 Å². The van der Waals surface area contributed by atoms with Crippen molar-refractivity contribution in [2.75, 3.05) is 18.1 Å². The Bertz CT molecular complexity index is 541. The lowest BCUT2D eigenvalue weighted by molar-refractivity contribution is 0.191. The zero-order chi connectivity index (χ0) is 12.8. The van der Waals surface area contributed by atoms with Crippen molar-refractivity contribution in [1.82, 2.24) is 15.5 Å². The molecule has 3 atom stereocenters. The van der Waals surface area contributed by atoms with Gasteiger partial charge in [0, 0.05) is 12.5 Å². The molecule has 1 aromatic heterocycles. The molecule has 2 fully saturated rings. The second kappa shape index (κ2) is 4.29. The third-order valence-electron chi connectivity index (χ3n) is 3.46. The Kier molecular flexibility index (Phi) is 2.87. The van der Waals surface area contributed by atoms with Crippen LogP contribution < -0.4 is 5.32 Å². The van der Waals surface area contributed by atoms with E-state index in [9.17, 15) is 13.5 Å². The van der Waals surface area contributed by atoms with Crippen LogP contribution in [0, 0.1) is 0 Å². The molecule has 2 aliphatic rings. The molecule has 18 heavy (non-hydrogen) atoms. The smallest absolute Gasteiger partial charge is 0.243 e. The van der Waals surface area contributed by atoms with Crippen molar-refractivity contribution in [2.24, 2.45) is 0 Å². The maximum Gasteiger partial charge on any atom is 0.243 e. The molecule has 0 aromatic carbocycles. The number of aliphatic hydroxyl groups is 1. The lowest BCUT2D eigenvalue weighted by Gasteiger charge is -2.02. The number of rotatable bonds is 2. The standard InChI is InChI=1S/C10H15N3O4S/c14-7-3-8(11-4-7)10-12-9(13-17-10)6-1-2-18(15,16)5-6/h6-8,11,14H,1-5H2/t6?,7-,8-/m0/s1. The van der Waals surface area contributed by atoms with Crippen molar-refractivity contribution in [1.29, 1.82) is 0 Å². The average Bonchev–Trinajstić information content (AvgIpc) is 2.96. The maximum atomic E-state index is 11.4. The summed E-state index contributed by atoms with van der Waals surface area (Å²) >= 11 is 0. The summed E-state index contributed by atoms with van der Waals surface area (Å²) in [6.45, 7) is 0.514. The van der Waals surface area contributed by atoms with E-state index in [1.807, 2.05) is 0 Å². The van der Waals surface area contributed by atoms with Crippen molar-refractivity contribution in [3.05, 3.63) is 11.7 Å². The normalized spacial score (nSPS) is 35.1. The molecule has 8 heteroatoms. The fourth-order valence-electron chi connectivity index (χ4n) is 2.46. The van der Waals surface area contributed by atoms with Crippen molar-refractivity contribution in [3.63, 3.8) is 0 Å². The Hall–Kier alpha value is -0.990. The van der Waals surface area contributed by atoms with Crippen molar-refractivity contribution in [3.8, 4) is 0 Å². The quantitative estimate of drug-likeness (QED) is 0.738. The van der Waals surface area contributed by atoms with Crippen LogP contribution in [-0.2, 0) is 9.84 Å². The minimum absolute atomic E-state index is 0.104. The molecule has 0 saturated carbocycles. The Balaban J connectivity index is 1.74. The van der Waals surface area contributed by atoms with Crippen LogP contribution in [0.4, 0.5) is 0 Å². The Morgan fingerprint density at radius 1 is 1.44 bits per heavy atom. The first-order chi connectivity index (χ1) is 8.53. The highest BCUT2D eigenvalue weighted by Crippen LogP contribution is 2.29. The molecule has 1 aromatic rings. The van der Waals surface area contributed by atoms with Crippen molar-refractivity contribution < 1.29 is 18.0 Å². The Morgan fingerprint density at radius 3 is 2.89 bits per heavy atom. The predicted octanol–water partition coefficient (Wildman–Crippen LogP) is -0.633. The van der Waals surface area contributed by atoms with E-state index < -0.39 is 15.9 Å². The molecule has 0 radical (unpaired) electrons. The summed E-state index contributed by atoms with van der Waals surface area (Å²) in [4.78, 5) is 4.26. The van der Waals surface area contributed by atoms with Crippen LogP contribution in [0.1, 0.15) is 36.5 Å². The monoisotopic (exact) mass is 273 g/mol. The fraction of sp³-hybridized carbons (Fsp3) is 0.800. The number of nitrogens with one attached hydrogen (secondary N) is 1. The summed E-state index contributed by atoms with van der Waals surface area (Å²) in [5, 5.41) is 16.4. The van der Waals surface area contributed by atoms with Gasteiger partial charge in [0.2, 0.25) is 5.89 Å². The molecule has 0 bridgehead atoms. The van der Waals surface area contributed by atoms with E-state index in [1.54, 1.807) is 0 Å². The topological polar surface area (TPSA) is 105 Å². The van der Waals surface area contributed by atoms with Crippen LogP contribution in [0.25, 0.3) is 0 Å². The molecule has 3 rings (SSSR count). The molecule has 0 aliphatic carbocycles. The molecule has 100 valence electrons. The number of aromatic nitrogens is 2. The lowest BCUT2D eigenvalue weighted by atomic mass is 10.1. The van der Waals surface area contributed by atoms with Gasteiger partial charge < -0.3 is 14.9 Å². The van der Waals surface area contributed by atoms with Gasteiger partial charge in [-0.05, 0) is 12.8 Å². The highest BCUT2D eigenvalue weighted by Gasteiger charge is 2.34. The van der Waals surface area contributed by atoms with E-state index >= 15 is 0 Å². The predicted molar refractivity (Wildman–Crippen MR) is 61.7 cm³/mol. The van der Waals surface area contributed by atoms with E-state index in [0.717, 1.165) is 0 Å². The van der Waals surface area contributed by atoms with E-state index in [2.05, 4.69) is 15.5 Å². The lowest BCUT2D eigenvalue weighted by Crippen LogP contribution is -2.15. The summed E-state index contributed by atoms with van der Waals surface area (Å²) in [5.41, 5.74) is 0. The molecule has 2 N–H and O–H groups in total. The molecule has 2 saturated heterocycles. The number of β-amino-alcohol motifs (C(OH)–C–C–N with tert-alkyl or cyclic N) is 1. The molecule has 0 spiro atoms. The van der Waals surface area contributed by atoms with Gasteiger partial charge in [-0.15, -0.1) is 0 Å². The van der Waals surface area contributed by atoms with Gasteiger partial charge in [0.05, 0.1) is 23.7 Å². The molecular formula is C10H15N3O4S. The number of nitrogens with zero attached hydrogens (tertiary/aromatic N) is 2. The maximum absolute atomic E-state index is 11.4. The van der Waals surface area contributed by atoms with Gasteiger partial charge in [-0.25, -0.2) is 8.42 Å². The van der Waals surface area contributed by atoms with E-state index in [1.165, 1.54) is 0 Å². The van der Waals surface area contributed by atoms with Crippen molar-refractivity contribution in [2.45, 2.75) is 30.9 Å². The fourth-order valence-corrected chi connectivity index (χ4v) is 4.20. The SMILES string of the molecule is O=S1(=O)CCC(c2noc([C@@H]3C[C@H](O)CN3)n2)C1. The molecule has 2 aliphatic heterocycles. The summed E-state index contributed by atoms with van der Waals surface area (Å²) in [6, 6.07) is -0.126. The van der Waals surface area contributed by atoms with E-state index in [4.69, 9.17) is 4.52 Å². The van der Waals surface area contributed by atoms with E-state index in [-0.39, 0.29) is 23.5 Å². The minimum atomic E-state index is -2.94. The highest BCUT2D eigenvalue weighted by molar-refractivity contribution is 7.91. The summed E-state index contributed by atoms with van der Waals surface area (Å²) in [6.07, 6.45) is 0.712. The van der Waals surface area contributed by atoms with Crippen LogP contribution in [0.2, 0.25) is 0 Å². The molecule has 0 amide bonds. The molecular weight excluding hydrogens is 258 g/mol. The first-order valence-electron chi connectivity index (χ1n) is 5.99. The van der Waals surface area contributed by atoms with E-state index in [0.29, 0.717) is 31.1 Å². The minimum Gasteiger partial charge on any atom is -0.392 e. The van der Waals surface area contributed by atoms with Crippen LogP contribution in [0.15, 0.2) is 4.52 Å². The molecule has 7 nitrogen and oxygen atoms in total. The largest absolute Gasteiger partial charge is 0.392 e. The number of aliphatic hydroxyl groups excluding tert-OH is 1. The van der Waals surface area contributed by atoms with Gasteiger partial charge in [-0.3, -0.25) is 0 Å². The van der Waals surface area contributed by atoms with Gasteiger partial charge >= 0.3 is 0 Å². The Morgan fingerprint density at radius 2 is 2.28 bits per heavy atom. The zero-order valence-corrected chi connectivity index (χ0v) is 10.6. The second-order valence-electron chi connectivity index (χ2n) is 4.94. The van der Waals surface area contributed by atoms with Crippen molar-refractivity contribution >= 4 is 9.84 Å². The first-order valence-corrected chi connectivity index (χ1v) is 7.81. The second-order valence-corrected chi connectivity index (χ2v) is 7.17. The van der Waals surface area contributed by atoms with Crippen LogP contribution in [-0.4, -0.2) is 47.8 Å². The molecule has 1 unspecified atom stereocenters. The zero-order valence-electron chi connectivity index (χ0n) is 9.74. The number of hydrogen-bond donors (Lipinski definition) is 2. The average molecular weight is 273 g/mol. The molecule has 3 heterocycles. The summed E-state index contributed by atoms with van der Waals surface area (Å²) in [7, 11) is -2.94. The van der Waals surface area contributed by atoms with Gasteiger partial charge in [-0.1, -0.05) is 5.16 Å². The van der Waals surface area contributed by atoms with Crippen LogP contribution >= 0.6 is 0 Å². The summed E-state index contributed by atoms with van der Waals surface area (Å²) < 4.78 is 27.9. The Labute approximate surface area is 104 Å².